The second kappa shape index (κ2) is 4.89. The minimum Gasteiger partial charge on any atom is -0.397 e. The van der Waals surface area contributed by atoms with Gasteiger partial charge in [-0.3, -0.25) is 4.98 Å². The second-order valence-corrected chi connectivity index (χ2v) is 5.39. The van der Waals surface area contributed by atoms with Gasteiger partial charge in [-0.1, -0.05) is 29.5 Å². The summed E-state index contributed by atoms with van der Waals surface area (Å²) in [7, 11) is 0. The first kappa shape index (κ1) is 11.5. The Kier molecular flexibility index (Phi) is 3.51. The maximum absolute atomic E-state index is 5.89. The summed E-state index contributed by atoms with van der Waals surface area (Å²) in [6.45, 7) is 2.07. The molecular weight excluding hydrogens is 284 g/mol. The van der Waals surface area contributed by atoms with Gasteiger partial charge in [0.05, 0.1) is 21.3 Å². The molecule has 0 aliphatic rings. The number of nitrogen functional groups attached to an aromatic ring is 1. The van der Waals surface area contributed by atoms with Gasteiger partial charge in [-0.15, -0.1) is 0 Å². The summed E-state index contributed by atoms with van der Waals surface area (Å²) in [4.78, 5) is 6.20. The molecule has 0 saturated heterocycles. The molecule has 0 aliphatic carbocycles. The maximum Gasteiger partial charge on any atom is 0.0653 e. The summed E-state index contributed by atoms with van der Waals surface area (Å²) in [5.41, 5.74) is 7.84. The van der Waals surface area contributed by atoms with Crippen LogP contribution >= 0.6 is 27.7 Å². The Balaban J connectivity index is 2.30. The van der Waals surface area contributed by atoms with Gasteiger partial charge < -0.3 is 5.73 Å². The molecule has 1 heterocycles. The first-order valence-corrected chi connectivity index (χ1v) is 6.41. The molecule has 0 spiro atoms. The van der Waals surface area contributed by atoms with Crippen molar-refractivity contribution in [2.24, 2.45) is 0 Å². The van der Waals surface area contributed by atoms with Gasteiger partial charge in [0, 0.05) is 11.1 Å². The van der Waals surface area contributed by atoms with Crippen LogP contribution in [0.1, 0.15) is 5.56 Å². The van der Waals surface area contributed by atoms with E-state index in [1.165, 1.54) is 10.5 Å². The highest BCUT2D eigenvalue weighted by atomic mass is 79.9. The van der Waals surface area contributed by atoms with Crippen molar-refractivity contribution in [3.8, 4) is 0 Å². The van der Waals surface area contributed by atoms with E-state index in [-0.39, 0.29) is 0 Å². The quantitative estimate of drug-likeness (QED) is 0.913. The number of hydrogen-bond acceptors (Lipinski definition) is 3. The Labute approximate surface area is 107 Å². The number of aromatic nitrogens is 1. The Morgan fingerprint density at radius 2 is 1.88 bits per heavy atom. The van der Waals surface area contributed by atoms with Crippen molar-refractivity contribution in [3.63, 3.8) is 0 Å². The van der Waals surface area contributed by atoms with Gasteiger partial charge in [0.1, 0.15) is 0 Å². The Morgan fingerprint density at radius 3 is 2.50 bits per heavy atom. The fraction of sp³-hybridized carbons (Fsp3) is 0.0833. The molecule has 0 radical (unpaired) electrons. The molecule has 0 amide bonds. The first-order chi connectivity index (χ1) is 7.66. The van der Waals surface area contributed by atoms with Crippen molar-refractivity contribution < 1.29 is 0 Å². The molecule has 4 heteroatoms. The van der Waals surface area contributed by atoms with Crippen LogP contribution < -0.4 is 5.73 Å². The van der Waals surface area contributed by atoms with Crippen LogP contribution in [0.25, 0.3) is 0 Å². The largest absolute Gasteiger partial charge is 0.397 e. The number of hydrogen-bond donors (Lipinski definition) is 1. The zero-order chi connectivity index (χ0) is 11.5. The molecule has 0 saturated carbocycles. The second-order valence-electron chi connectivity index (χ2n) is 3.45. The number of nitrogens with two attached hydrogens (primary N) is 1. The number of pyridine rings is 1. The number of benzene rings is 1. The topological polar surface area (TPSA) is 38.9 Å². The molecule has 2 aromatic rings. The summed E-state index contributed by atoms with van der Waals surface area (Å²) in [6, 6.07) is 8.36. The molecule has 0 atom stereocenters. The van der Waals surface area contributed by atoms with Crippen LogP contribution in [0.5, 0.6) is 0 Å². The standard InChI is InChI=1S/C12H11BrN2S/c1-8-2-4-9(5-3-8)16-12-10(13)6-15-7-11(12)14/h2-7H,14H2,1H3. The fourth-order valence-electron chi connectivity index (χ4n) is 1.27. The number of halogens is 1. The molecule has 2 N–H and O–H groups in total. The van der Waals surface area contributed by atoms with Gasteiger partial charge in [0.15, 0.2) is 0 Å². The van der Waals surface area contributed by atoms with Crippen LogP contribution in [0, 0.1) is 6.92 Å². The van der Waals surface area contributed by atoms with Gasteiger partial charge in [-0.25, -0.2) is 0 Å². The van der Waals surface area contributed by atoms with Crippen molar-refractivity contribution in [3.05, 3.63) is 46.7 Å². The third kappa shape index (κ3) is 2.57. The lowest BCUT2D eigenvalue weighted by atomic mass is 10.2. The Hall–Kier alpha value is -1.00. The predicted molar refractivity (Wildman–Crippen MR) is 71.7 cm³/mol. The molecule has 16 heavy (non-hydrogen) atoms. The summed E-state index contributed by atoms with van der Waals surface area (Å²) in [5, 5.41) is 0. The average molecular weight is 295 g/mol. The smallest absolute Gasteiger partial charge is 0.0653 e. The molecule has 1 aromatic heterocycles. The highest BCUT2D eigenvalue weighted by molar-refractivity contribution is 9.10. The minimum atomic E-state index is 0.694. The molecule has 1 aromatic carbocycles. The van der Waals surface area contributed by atoms with Crippen LogP contribution in [-0.2, 0) is 0 Å². The fourth-order valence-corrected chi connectivity index (χ4v) is 2.69. The van der Waals surface area contributed by atoms with E-state index in [9.17, 15) is 0 Å². The van der Waals surface area contributed by atoms with Gasteiger partial charge in [-0.2, -0.15) is 0 Å². The van der Waals surface area contributed by atoms with Gasteiger partial charge in [0.2, 0.25) is 0 Å². The van der Waals surface area contributed by atoms with Gasteiger partial charge in [-0.05, 0) is 35.0 Å². The van der Waals surface area contributed by atoms with Crippen molar-refractivity contribution in [2.75, 3.05) is 5.73 Å². The lowest BCUT2D eigenvalue weighted by Crippen LogP contribution is -1.90. The van der Waals surface area contributed by atoms with E-state index < -0.39 is 0 Å². The third-order valence-electron chi connectivity index (χ3n) is 2.12. The van der Waals surface area contributed by atoms with Crippen LogP contribution in [0.3, 0.4) is 0 Å². The van der Waals surface area contributed by atoms with E-state index in [1.54, 1.807) is 24.2 Å². The number of anilines is 1. The van der Waals surface area contributed by atoms with Crippen LogP contribution in [-0.4, -0.2) is 4.98 Å². The van der Waals surface area contributed by atoms with E-state index in [0.717, 1.165) is 9.37 Å². The molecule has 0 bridgehead atoms. The number of rotatable bonds is 2. The summed E-state index contributed by atoms with van der Waals surface area (Å²) in [5.74, 6) is 0. The van der Waals surface area contributed by atoms with Crippen LogP contribution in [0.4, 0.5) is 5.69 Å². The molecule has 82 valence electrons. The maximum atomic E-state index is 5.89. The van der Waals surface area contributed by atoms with E-state index in [1.807, 2.05) is 0 Å². The minimum absolute atomic E-state index is 0.694. The van der Waals surface area contributed by atoms with Crippen molar-refractivity contribution in [1.82, 2.24) is 4.98 Å². The molecule has 0 fully saturated rings. The lowest BCUT2D eigenvalue weighted by molar-refractivity contribution is 1.23. The van der Waals surface area contributed by atoms with Crippen molar-refractivity contribution >= 4 is 33.4 Å². The lowest BCUT2D eigenvalue weighted by Gasteiger charge is -2.07. The summed E-state index contributed by atoms with van der Waals surface area (Å²) in [6.07, 6.45) is 3.42. The summed E-state index contributed by atoms with van der Waals surface area (Å²) >= 11 is 5.09. The SMILES string of the molecule is Cc1ccc(Sc2c(N)cncc2Br)cc1. The van der Waals surface area contributed by atoms with Crippen molar-refractivity contribution in [1.29, 1.82) is 0 Å². The van der Waals surface area contributed by atoms with E-state index >= 15 is 0 Å². The Morgan fingerprint density at radius 1 is 1.19 bits per heavy atom. The number of aryl methyl sites for hydroxylation is 1. The van der Waals surface area contributed by atoms with Gasteiger partial charge >= 0.3 is 0 Å². The van der Waals surface area contributed by atoms with E-state index in [4.69, 9.17) is 5.73 Å². The molecule has 0 aliphatic heterocycles. The molecular formula is C12H11BrN2S. The highest BCUT2D eigenvalue weighted by Gasteiger charge is 2.06. The zero-order valence-electron chi connectivity index (χ0n) is 8.77. The zero-order valence-corrected chi connectivity index (χ0v) is 11.2. The molecule has 2 nitrogen and oxygen atoms in total. The average Bonchev–Trinajstić information content (AvgIpc) is 2.26. The van der Waals surface area contributed by atoms with Gasteiger partial charge in [0.25, 0.3) is 0 Å². The first-order valence-electron chi connectivity index (χ1n) is 4.80. The van der Waals surface area contributed by atoms with E-state index in [0.29, 0.717) is 5.69 Å². The Bertz CT molecular complexity index is 477. The molecule has 2 rings (SSSR count). The van der Waals surface area contributed by atoms with Crippen LogP contribution in [0.15, 0.2) is 50.9 Å². The predicted octanol–water partition coefficient (Wildman–Crippen LogP) is 3.89. The van der Waals surface area contributed by atoms with Crippen molar-refractivity contribution in [2.45, 2.75) is 16.7 Å². The van der Waals surface area contributed by atoms with Crippen LogP contribution in [0.2, 0.25) is 0 Å². The summed E-state index contributed by atoms with van der Waals surface area (Å²) < 4.78 is 0.929. The number of nitrogens with zero attached hydrogens (tertiary/aromatic N) is 1. The monoisotopic (exact) mass is 294 g/mol. The van der Waals surface area contributed by atoms with E-state index in [2.05, 4.69) is 52.1 Å². The molecule has 0 unspecified atom stereocenters. The highest BCUT2D eigenvalue weighted by Crippen LogP contribution is 2.36. The third-order valence-corrected chi connectivity index (χ3v) is 4.15. The normalized spacial score (nSPS) is 10.4.